The fourth-order valence-corrected chi connectivity index (χ4v) is 2.15. The van der Waals surface area contributed by atoms with E-state index in [2.05, 4.69) is 10.3 Å². The second-order valence-corrected chi connectivity index (χ2v) is 4.53. The number of nitrogens with zero attached hydrogens (tertiary/aromatic N) is 1. The number of pyridine rings is 1. The molecule has 0 unspecified atom stereocenters. The van der Waals surface area contributed by atoms with Gasteiger partial charge < -0.3 is 11.1 Å². The van der Waals surface area contributed by atoms with Crippen LogP contribution >= 0.6 is 0 Å². The van der Waals surface area contributed by atoms with Crippen molar-refractivity contribution in [3.63, 3.8) is 0 Å². The molecule has 0 fully saturated rings. The number of benzene rings is 2. The van der Waals surface area contributed by atoms with E-state index in [1.165, 1.54) is 18.2 Å². The normalized spacial score (nSPS) is 10.5. The summed E-state index contributed by atoms with van der Waals surface area (Å²) in [6.07, 6.45) is 1.54. The lowest BCUT2D eigenvalue weighted by molar-refractivity contribution is 0.102. The minimum absolute atomic E-state index is 0.0107. The molecule has 104 valence electrons. The van der Waals surface area contributed by atoms with Crippen molar-refractivity contribution in [2.75, 3.05) is 11.1 Å². The number of anilines is 2. The van der Waals surface area contributed by atoms with Gasteiger partial charge in [0.05, 0.1) is 16.8 Å². The highest BCUT2D eigenvalue weighted by Gasteiger charge is 2.14. The molecule has 5 heteroatoms. The molecule has 0 aliphatic rings. The van der Waals surface area contributed by atoms with Crippen LogP contribution < -0.4 is 11.1 Å². The summed E-state index contributed by atoms with van der Waals surface area (Å²) in [5.74, 6) is -0.993. The molecule has 0 saturated heterocycles. The van der Waals surface area contributed by atoms with Crippen molar-refractivity contribution >= 4 is 28.2 Å². The molecule has 0 bridgehead atoms. The molecule has 1 heterocycles. The van der Waals surface area contributed by atoms with E-state index >= 15 is 0 Å². The Bertz CT molecular complexity index is 807. The lowest BCUT2D eigenvalue weighted by Gasteiger charge is -2.10. The summed E-state index contributed by atoms with van der Waals surface area (Å²) in [5, 5.41) is 3.22. The third kappa shape index (κ3) is 2.41. The first-order valence-electron chi connectivity index (χ1n) is 6.36. The van der Waals surface area contributed by atoms with E-state index in [-0.39, 0.29) is 11.4 Å². The summed E-state index contributed by atoms with van der Waals surface area (Å²) < 4.78 is 13.7. The summed E-state index contributed by atoms with van der Waals surface area (Å²) in [6, 6.07) is 13.1. The fraction of sp³-hybridized carbons (Fsp3) is 0. The Morgan fingerprint density at radius 2 is 1.90 bits per heavy atom. The Labute approximate surface area is 120 Å². The molecule has 3 aromatic rings. The van der Waals surface area contributed by atoms with Crippen molar-refractivity contribution in [3.8, 4) is 0 Å². The standard InChI is InChI=1S/C16H12FN3O/c17-12-5-3-6-13(18)15(12)20-16(21)11-8-9-19-14-7-2-1-4-10(11)14/h1-9H,18H2,(H,20,21). The van der Waals surface area contributed by atoms with Crippen molar-refractivity contribution < 1.29 is 9.18 Å². The minimum atomic E-state index is -0.568. The third-order valence-electron chi connectivity index (χ3n) is 3.18. The smallest absolute Gasteiger partial charge is 0.256 e. The quantitative estimate of drug-likeness (QED) is 0.709. The van der Waals surface area contributed by atoms with Gasteiger partial charge in [0.1, 0.15) is 11.5 Å². The fourth-order valence-electron chi connectivity index (χ4n) is 2.15. The molecule has 1 amide bonds. The number of nitrogens with one attached hydrogen (secondary N) is 1. The van der Waals surface area contributed by atoms with Gasteiger partial charge in [0.2, 0.25) is 0 Å². The molecule has 3 rings (SSSR count). The second-order valence-electron chi connectivity index (χ2n) is 4.53. The highest BCUT2D eigenvalue weighted by molar-refractivity contribution is 6.13. The van der Waals surface area contributed by atoms with Gasteiger partial charge in [-0.15, -0.1) is 0 Å². The van der Waals surface area contributed by atoms with Crippen LogP contribution in [0, 0.1) is 5.82 Å². The van der Waals surface area contributed by atoms with Gasteiger partial charge in [0, 0.05) is 11.6 Å². The first-order chi connectivity index (χ1) is 10.2. The molecule has 0 radical (unpaired) electrons. The molecule has 4 nitrogen and oxygen atoms in total. The van der Waals surface area contributed by atoms with Crippen molar-refractivity contribution in [1.82, 2.24) is 4.98 Å². The molecule has 21 heavy (non-hydrogen) atoms. The van der Waals surface area contributed by atoms with Gasteiger partial charge in [-0.2, -0.15) is 0 Å². The number of para-hydroxylation sites is 2. The van der Waals surface area contributed by atoms with Crippen LogP contribution in [0.25, 0.3) is 10.9 Å². The largest absolute Gasteiger partial charge is 0.397 e. The molecule has 2 aromatic carbocycles. The summed E-state index contributed by atoms with van der Waals surface area (Å²) in [7, 11) is 0. The van der Waals surface area contributed by atoms with Gasteiger partial charge in [0.15, 0.2) is 0 Å². The van der Waals surface area contributed by atoms with Gasteiger partial charge >= 0.3 is 0 Å². The lowest BCUT2D eigenvalue weighted by atomic mass is 10.1. The van der Waals surface area contributed by atoms with Crippen LogP contribution in [-0.2, 0) is 0 Å². The zero-order chi connectivity index (χ0) is 14.8. The van der Waals surface area contributed by atoms with Gasteiger partial charge in [0.25, 0.3) is 5.91 Å². The summed E-state index contributed by atoms with van der Waals surface area (Å²) >= 11 is 0. The predicted octanol–water partition coefficient (Wildman–Crippen LogP) is 3.21. The van der Waals surface area contributed by atoms with Gasteiger partial charge in [-0.1, -0.05) is 24.3 Å². The second kappa shape index (κ2) is 5.20. The van der Waals surface area contributed by atoms with Crippen LogP contribution in [0.1, 0.15) is 10.4 Å². The summed E-state index contributed by atoms with van der Waals surface area (Å²) in [6.45, 7) is 0. The van der Waals surface area contributed by atoms with Crippen molar-refractivity contribution in [1.29, 1.82) is 0 Å². The Morgan fingerprint density at radius 1 is 1.10 bits per heavy atom. The van der Waals surface area contributed by atoms with E-state index in [0.29, 0.717) is 16.5 Å². The molecule has 0 spiro atoms. The Kier molecular flexibility index (Phi) is 3.23. The Balaban J connectivity index is 2.02. The number of hydrogen-bond donors (Lipinski definition) is 2. The summed E-state index contributed by atoms with van der Waals surface area (Å²) in [4.78, 5) is 16.6. The number of nitrogen functional groups attached to an aromatic ring is 1. The van der Waals surface area contributed by atoms with Gasteiger partial charge in [-0.25, -0.2) is 4.39 Å². The van der Waals surface area contributed by atoms with E-state index in [1.807, 2.05) is 18.2 Å². The molecule has 3 N–H and O–H groups in total. The van der Waals surface area contributed by atoms with E-state index < -0.39 is 11.7 Å². The van der Waals surface area contributed by atoms with Crippen molar-refractivity contribution in [2.45, 2.75) is 0 Å². The predicted molar refractivity (Wildman–Crippen MR) is 80.5 cm³/mol. The number of amides is 1. The molecule has 0 atom stereocenters. The average Bonchev–Trinajstić information content (AvgIpc) is 2.50. The molecule has 0 aliphatic carbocycles. The van der Waals surface area contributed by atoms with Crippen LogP contribution in [0.3, 0.4) is 0 Å². The van der Waals surface area contributed by atoms with E-state index in [9.17, 15) is 9.18 Å². The zero-order valence-electron chi connectivity index (χ0n) is 11.0. The number of halogens is 1. The number of hydrogen-bond acceptors (Lipinski definition) is 3. The third-order valence-corrected chi connectivity index (χ3v) is 3.18. The van der Waals surface area contributed by atoms with Crippen LogP contribution in [0.4, 0.5) is 15.8 Å². The number of nitrogens with two attached hydrogens (primary N) is 1. The number of carbonyl (C=O) groups excluding carboxylic acids is 1. The van der Waals surface area contributed by atoms with Crippen LogP contribution in [0.2, 0.25) is 0 Å². The van der Waals surface area contributed by atoms with Gasteiger partial charge in [-0.3, -0.25) is 9.78 Å². The highest BCUT2D eigenvalue weighted by Crippen LogP contribution is 2.24. The lowest BCUT2D eigenvalue weighted by Crippen LogP contribution is -2.15. The molecular formula is C16H12FN3O. The monoisotopic (exact) mass is 281 g/mol. The van der Waals surface area contributed by atoms with E-state index in [1.54, 1.807) is 18.3 Å². The maximum Gasteiger partial charge on any atom is 0.256 e. The van der Waals surface area contributed by atoms with E-state index in [0.717, 1.165) is 0 Å². The van der Waals surface area contributed by atoms with Gasteiger partial charge in [-0.05, 0) is 24.3 Å². The highest BCUT2D eigenvalue weighted by atomic mass is 19.1. The van der Waals surface area contributed by atoms with E-state index in [4.69, 9.17) is 5.73 Å². The van der Waals surface area contributed by atoms with Crippen LogP contribution in [0.15, 0.2) is 54.7 Å². The molecule has 1 aromatic heterocycles. The van der Waals surface area contributed by atoms with Crippen LogP contribution in [-0.4, -0.2) is 10.9 Å². The van der Waals surface area contributed by atoms with Crippen molar-refractivity contribution in [2.24, 2.45) is 0 Å². The number of fused-ring (bicyclic) bond motifs is 1. The van der Waals surface area contributed by atoms with Crippen molar-refractivity contribution in [3.05, 3.63) is 66.1 Å². The Morgan fingerprint density at radius 3 is 2.71 bits per heavy atom. The first-order valence-corrected chi connectivity index (χ1v) is 6.36. The maximum absolute atomic E-state index is 13.7. The number of carbonyl (C=O) groups is 1. The molecule has 0 saturated carbocycles. The number of rotatable bonds is 2. The zero-order valence-corrected chi connectivity index (χ0v) is 11.0. The van der Waals surface area contributed by atoms with Crippen LogP contribution in [0.5, 0.6) is 0 Å². The summed E-state index contributed by atoms with van der Waals surface area (Å²) in [5.41, 5.74) is 6.99. The number of aromatic nitrogens is 1. The maximum atomic E-state index is 13.7. The minimum Gasteiger partial charge on any atom is -0.397 e. The topological polar surface area (TPSA) is 68.0 Å². The molecule has 0 aliphatic heterocycles. The Hall–Kier alpha value is -2.95. The first kappa shape index (κ1) is 13.1. The SMILES string of the molecule is Nc1cccc(F)c1NC(=O)c1ccnc2ccccc12. The molecular weight excluding hydrogens is 269 g/mol. The average molecular weight is 281 g/mol.